The van der Waals surface area contributed by atoms with Crippen LogP contribution in [0.25, 0.3) is 0 Å². The third-order valence-electron chi connectivity index (χ3n) is 6.18. The first-order valence-corrected chi connectivity index (χ1v) is 11.1. The van der Waals surface area contributed by atoms with Gasteiger partial charge in [0.05, 0.1) is 13.2 Å². The van der Waals surface area contributed by atoms with Crippen LogP contribution in [0.2, 0.25) is 0 Å². The second-order valence-corrected chi connectivity index (χ2v) is 8.19. The van der Waals surface area contributed by atoms with Crippen LogP contribution in [0.5, 0.6) is 0 Å². The summed E-state index contributed by atoms with van der Waals surface area (Å²) >= 11 is 0. The van der Waals surface area contributed by atoms with Crippen molar-refractivity contribution in [1.29, 1.82) is 0 Å². The van der Waals surface area contributed by atoms with Crippen molar-refractivity contribution < 1.29 is 9.47 Å². The van der Waals surface area contributed by atoms with Crippen LogP contribution in [-0.4, -0.2) is 57.2 Å². The SMILES string of the molecule is COCCCn1c(N2CCCC2Cc2ccccc2)cc(N2CCOCC2)cc1=O. The zero-order chi connectivity index (χ0) is 20.8. The smallest absolute Gasteiger partial charge is 0.254 e. The quantitative estimate of drug-likeness (QED) is 0.625. The molecule has 2 aliphatic rings. The Kier molecular flexibility index (Phi) is 7.07. The number of rotatable bonds is 8. The predicted octanol–water partition coefficient (Wildman–Crippen LogP) is 2.93. The van der Waals surface area contributed by atoms with Gasteiger partial charge in [0.15, 0.2) is 0 Å². The van der Waals surface area contributed by atoms with E-state index in [1.54, 1.807) is 13.2 Å². The van der Waals surface area contributed by atoms with Crippen LogP contribution >= 0.6 is 0 Å². The Morgan fingerprint density at radius 1 is 1.10 bits per heavy atom. The maximum Gasteiger partial charge on any atom is 0.254 e. The van der Waals surface area contributed by atoms with Crippen molar-refractivity contribution in [2.45, 2.75) is 38.3 Å². The average Bonchev–Trinajstić information content (AvgIpc) is 3.24. The number of morpholine rings is 1. The summed E-state index contributed by atoms with van der Waals surface area (Å²) in [7, 11) is 1.71. The molecule has 6 heteroatoms. The summed E-state index contributed by atoms with van der Waals surface area (Å²) in [6.45, 7) is 5.43. The number of ether oxygens (including phenoxy) is 2. The van der Waals surface area contributed by atoms with Gasteiger partial charge in [-0.1, -0.05) is 30.3 Å². The third-order valence-corrected chi connectivity index (χ3v) is 6.18. The average molecular weight is 412 g/mol. The fourth-order valence-electron chi connectivity index (χ4n) is 4.64. The Hall–Kier alpha value is -2.31. The lowest BCUT2D eigenvalue weighted by Gasteiger charge is -2.33. The standard InChI is InChI=1S/C24H33N3O3/c1-29-14-6-11-27-23(18-22(19-24(27)28)25-12-15-30-16-13-25)26-10-5-9-21(26)17-20-7-3-2-4-8-20/h2-4,7-8,18-19,21H,5-6,9-17H2,1H3. The van der Waals surface area contributed by atoms with E-state index in [2.05, 4.69) is 46.2 Å². The lowest BCUT2D eigenvalue weighted by atomic mass is 10.0. The molecule has 2 fully saturated rings. The predicted molar refractivity (Wildman–Crippen MR) is 121 cm³/mol. The summed E-state index contributed by atoms with van der Waals surface area (Å²) in [6.07, 6.45) is 4.15. The molecule has 0 amide bonds. The zero-order valence-corrected chi connectivity index (χ0v) is 18.0. The van der Waals surface area contributed by atoms with Crippen molar-refractivity contribution in [1.82, 2.24) is 4.57 Å². The van der Waals surface area contributed by atoms with E-state index in [0.717, 1.165) is 56.8 Å². The van der Waals surface area contributed by atoms with Gasteiger partial charge in [0.1, 0.15) is 5.82 Å². The third kappa shape index (κ3) is 4.87. The van der Waals surface area contributed by atoms with Gasteiger partial charge in [-0.2, -0.15) is 0 Å². The number of hydrogen-bond acceptors (Lipinski definition) is 5. The van der Waals surface area contributed by atoms with E-state index in [1.807, 2.05) is 4.57 Å². The first-order chi connectivity index (χ1) is 14.8. The van der Waals surface area contributed by atoms with E-state index in [-0.39, 0.29) is 5.56 Å². The van der Waals surface area contributed by atoms with E-state index in [1.165, 1.54) is 5.56 Å². The van der Waals surface area contributed by atoms with Crippen LogP contribution in [0.1, 0.15) is 24.8 Å². The summed E-state index contributed by atoms with van der Waals surface area (Å²) in [5, 5.41) is 0. The Balaban J connectivity index is 1.65. The fourth-order valence-corrected chi connectivity index (χ4v) is 4.64. The number of methoxy groups -OCH3 is 1. The van der Waals surface area contributed by atoms with Gasteiger partial charge in [-0.3, -0.25) is 9.36 Å². The second-order valence-electron chi connectivity index (χ2n) is 8.19. The molecule has 0 saturated carbocycles. The number of benzene rings is 1. The second kappa shape index (κ2) is 10.1. The number of pyridine rings is 1. The van der Waals surface area contributed by atoms with Gasteiger partial charge in [0.2, 0.25) is 0 Å². The van der Waals surface area contributed by atoms with Gasteiger partial charge >= 0.3 is 0 Å². The molecule has 1 unspecified atom stereocenters. The minimum Gasteiger partial charge on any atom is -0.385 e. The minimum absolute atomic E-state index is 0.0791. The molecule has 4 rings (SSSR count). The van der Waals surface area contributed by atoms with Crippen molar-refractivity contribution in [3.8, 4) is 0 Å². The Bertz CT molecular complexity index is 862. The van der Waals surface area contributed by atoms with Gasteiger partial charge < -0.3 is 19.3 Å². The van der Waals surface area contributed by atoms with Crippen LogP contribution in [0.15, 0.2) is 47.3 Å². The maximum absolute atomic E-state index is 13.2. The minimum atomic E-state index is 0.0791. The summed E-state index contributed by atoms with van der Waals surface area (Å²) in [5.41, 5.74) is 2.45. The molecule has 162 valence electrons. The highest BCUT2D eigenvalue weighted by atomic mass is 16.5. The van der Waals surface area contributed by atoms with E-state index in [9.17, 15) is 4.79 Å². The van der Waals surface area contributed by atoms with E-state index < -0.39 is 0 Å². The Morgan fingerprint density at radius 3 is 2.67 bits per heavy atom. The molecule has 3 heterocycles. The molecule has 2 saturated heterocycles. The van der Waals surface area contributed by atoms with Crippen LogP contribution in [-0.2, 0) is 22.4 Å². The summed E-state index contributed by atoms with van der Waals surface area (Å²) < 4.78 is 12.7. The van der Waals surface area contributed by atoms with E-state index in [4.69, 9.17) is 9.47 Å². The summed E-state index contributed by atoms with van der Waals surface area (Å²) in [4.78, 5) is 17.9. The van der Waals surface area contributed by atoms with Crippen LogP contribution < -0.4 is 15.4 Å². The first-order valence-electron chi connectivity index (χ1n) is 11.1. The Morgan fingerprint density at radius 2 is 1.90 bits per heavy atom. The van der Waals surface area contributed by atoms with E-state index in [0.29, 0.717) is 32.4 Å². The monoisotopic (exact) mass is 411 g/mol. The fraction of sp³-hybridized carbons (Fsp3) is 0.542. The highest BCUT2D eigenvalue weighted by Crippen LogP contribution is 2.30. The van der Waals surface area contributed by atoms with Crippen molar-refractivity contribution in [3.05, 3.63) is 58.4 Å². The molecule has 1 aromatic carbocycles. The lowest BCUT2D eigenvalue weighted by molar-refractivity contribution is 0.122. The number of aromatic nitrogens is 1. The van der Waals surface area contributed by atoms with Gasteiger partial charge in [-0.15, -0.1) is 0 Å². The van der Waals surface area contributed by atoms with Gasteiger partial charge in [-0.05, 0) is 31.2 Å². The number of anilines is 2. The molecule has 0 spiro atoms. The van der Waals surface area contributed by atoms with Crippen LogP contribution in [0, 0.1) is 0 Å². The molecule has 0 aliphatic carbocycles. The van der Waals surface area contributed by atoms with Crippen LogP contribution in [0.4, 0.5) is 11.5 Å². The van der Waals surface area contributed by atoms with Crippen molar-refractivity contribution in [2.24, 2.45) is 0 Å². The molecule has 2 aromatic rings. The molecule has 0 N–H and O–H groups in total. The molecule has 1 atom stereocenters. The van der Waals surface area contributed by atoms with E-state index >= 15 is 0 Å². The van der Waals surface area contributed by atoms with Crippen molar-refractivity contribution >= 4 is 11.5 Å². The van der Waals surface area contributed by atoms with Crippen LogP contribution in [0.3, 0.4) is 0 Å². The molecule has 0 bridgehead atoms. The molecule has 0 radical (unpaired) electrons. The van der Waals surface area contributed by atoms with Crippen molar-refractivity contribution in [2.75, 3.05) is 56.4 Å². The molecule has 6 nitrogen and oxygen atoms in total. The number of hydrogen-bond donors (Lipinski definition) is 0. The summed E-state index contributed by atoms with van der Waals surface area (Å²) in [5.74, 6) is 1.05. The first kappa shape index (κ1) is 20.9. The highest BCUT2D eigenvalue weighted by Gasteiger charge is 2.28. The summed E-state index contributed by atoms with van der Waals surface area (Å²) in [6, 6.07) is 15.1. The normalized spacial score (nSPS) is 19.4. The molecule has 2 aliphatic heterocycles. The maximum atomic E-state index is 13.2. The van der Waals surface area contributed by atoms with Gasteiger partial charge in [0.25, 0.3) is 5.56 Å². The largest absolute Gasteiger partial charge is 0.385 e. The lowest BCUT2D eigenvalue weighted by Crippen LogP contribution is -2.39. The van der Waals surface area contributed by atoms with Gasteiger partial charge in [0, 0.05) is 63.8 Å². The van der Waals surface area contributed by atoms with Crippen molar-refractivity contribution in [3.63, 3.8) is 0 Å². The number of nitrogens with zero attached hydrogens (tertiary/aromatic N) is 3. The van der Waals surface area contributed by atoms with Gasteiger partial charge in [-0.25, -0.2) is 0 Å². The Labute approximate surface area is 179 Å². The zero-order valence-electron chi connectivity index (χ0n) is 18.0. The molecule has 1 aromatic heterocycles. The molecular weight excluding hydrogens is 378 g/mol. The topological polar surface area (TPSA) is 46.9 Å². The highest BCUT2D eigenvalue weighted by molar-refractivity contribution is 5.57. The molecular formula is C24H33N3O3. The molecule has 30 heavy (non-hydrogen) atoms.